The minimum Gasteiger partial charge on any atom is -0.383 e. The first kappa shape index (κ1) is 22.0. The molecule has 1 atom stereocenters. The Morgan fingerprint density at radius 1 is 0.710 bits per heavy atom. The molecule has 0 radical (unpaired) electrons. The molecule has 3 aromatic carbocycles. The summed E-state index contributed by atoms with van der Waals surface area (Å²) < 4.78 is 90.5. The van der Waals surface area contributed by atoms with Gasteiger partial charge in [0.1, 0.15) is 0 Å². The zero-order valence-electron chi connectivity index (χ0n) is 15.9. The van der Waals surface area contributed by atoms with Gasteiger partial charge in [-0.05, 0) is 22.5 Å². The number of thioether (sulfide) groups is 1. The van der Waals surface area contributed by atoms with Gasteiger partial charge in [0.25, 0.3) is 13.9 Å². The number of alkyl halides is 6. The topological polar surface area (TPSA) is 9.23 Å². The van der Waals surface area contributed by atoms with Crippen LogP contribution in [0.3, 0.4) is 0 Å². The number of fused-ring (bicyclic) bond motifs is 1. The second kappa shape index (κ2) is 7.72. The monoisotopic (exact) mass is 470 g/mol. The number of hydrogen-bond acceptors (Lipinski definition) is 2. The van der Waals surface area contributed by atoms with Gasteiger partial charge in [-0.2, -0.15) is 26.3 Å². The average Bonchev–Trinajstić information content (AvgIpc) is 3.07. The highest BCUT2D eigenvalue weighted by Gasteiger charge is 2.79. The van der Waals surface area contributed by atoms with Gasteiger partial charge in [-0.3, -0.25) is 0 Å². The minimum absolute atomic E-state index is 0.000666. The van der Waals surface area contributed by atoms with E-state index in [1.165, 1.54) is 30.0 Å². The Balaban J connectivity index is 1.96. The van der Waals surface area contributed by atoms with Crippen molar-refractivity contribution in [1.82, 2.24) is 0 Å². The van der Waals surface area contributed by atoms with E-state index >= 15 is 0 Å². The molecule has 9 heteroatoms. The van der Waals surface area contributed by atoms with Gasteiger partial charge in [0.05, 0.1) is 0 Å². The van der Waals surface area contributed by atoms with Crippen molar-refractivity contribution >= 4 is 30.5 Å². The average molecular weight is 471 g/mol. The van der Waals surface area contributed by atoms with E-state index in [-0.39, 0.29) is 10.6 Å². The van der Waals surface area contributed by atoms with Gasteiger partial charge in [-0.1, -0.05) is 72.8 Å². The Morgan fingerprint density at radius 3 is 1.81 bits per heavy atom. The SMILES string of the molecule is FC(F)(F)C1(C(F)(F)F)O[Si](CSc2ccccc2)(c2ccccc2)c2ccccc21. The molecular formula is C22H16F6OSSi. The predicted molar refractivity (Wildman–Crippen MR) is 110 cm³/mol. The van der Waals surface area contributed by atoms with Crippen LogP contribution in [0, 0.1) is 0 Å². The van der Waals surface area contributed by atoms with Gasteiger partial charge < -0.3 is 4.43 Å². The van der Waals surface area contributed by atoms with Crippen molar-refractivity contribution in [3.05, 3.63) is 90.5 Å². The number of benzene rings is 3. The second-order valence-corrected chi connectivity index (χ2v) is 12.0. The Bertz CT molecular complexity index is 1040. The molecule has 0 fully saturated rings. The van der Waals surface area contributed by atoms with Crippen molar-refractivity contribution in [3.8, 4) is 0 Å². The molecule has 0 bridgehead atoms. The third kappa shape index (κ3) is 3.48. The van der Waals surface area contributed by atoms with Crippen molar-refractivity contribution in [2.75, 3.05) is 5.38 Å². The van der Waals surface area contributed by atoms with Crippen LogP contribution in [0.25, 0.3) is 0 Å². The van der Waals surface area contributed by atoms with E-state index in [1.807, 2.05) is 0 Å². The Hall–Kier alpha value is -2.23. The van der Waals surface area contributed by atoms with Gasteiger partial charge in [-0.25, -0.2) is 0 Å². The van der Waals surface area contributed by atoms with Crippen molar-refractivity contribution in [2.45, 2.75) is 22.8 Å². The maximum Gasteiger partial charge on any atom is 0.429 e. The van der Waals surface area contributed by atoms with Gasteiger partial charge in [0.2, 0.25) is 0 Å². The largest absolute Gasteiger partial charge is 0.429 e. The van der Waals surface area contributed by atoms with Crippen LogP contribution in [0.5, 0.6) is 0 Å². The first-order chi connectivity index (χ1) is 14.6. The molecule has 0 N–H and O–H groups in total. The highest BCUT2D eigenvalue weighted by Crippen LogP contribution is 2.56. The van der Waals surface area contributed by atoms with Gasteiger partial charge in [0, 0.05) is 15.8 Å². The fourth-order valence-electron chi connectivity index (χ4n) is 3.91. The lowest BCUT2D eigenvalue weighted by molar-refractivity contribution is -0.364. The zero-order valence-corrected chi connectivity index (χ0v) is 17.7. The smallest absolute Gasteiger partial charge is 0.383 e. The van der Waals surface area contributed by atoms with Crippen molar-refractivity contribution in [2.24, 2.45) is 0 Å². The molecule has 0 saturated carbocycles. The lowest BCUT2D eigenvalue weighted by Crippen LogP contribution is -2.64. The number of hydrogen-bond donors (Lipinski definition) is 0. The van der Waals surface area contributed by atoms with E-state index < -0.39 is 31.8 Å². The van der Waals surface area contributed by atoms with Crippen molar-refractivity contribution in [1.29, 1.82) is 0 Å². The first-order valence-electron chi connectivity index (χ1n) is 9.29. The molecule has 0 saturated heterocycles. The molecule has 4 rings (SSSR count). The van der Waals surface area contributed by atoms with E-state index in [1.54, 1.807) is 60.7 Å². The van der Waals surface area contributed by atoms with E-state index in [0.717, 1.165) is 11.0 Å². The lowest BCUT2D eigenvalue weighted by atomic mass is 9.92. The highest BCUT2D eigenvalue weighted by atomic mass is 32.2. The molecule has 1 aliphatic heterocycles. The fourth-order valence-corrected chi connectivity index (χ4v) is 10.5. The summed E-state index contributed by atoms with van der Waals surface area (Å²) in [4.78, 5) is 0.739. The summed E-state index contributed by atoms with van der Waals surface area (Å²) in [5.41, 5.74) is -5.23. The summed E-state index contributed by atoms with van der Waals surface area (Å²) in [6.07, 6.45) is -11.4. The molecule has 1 heterocycles. The summed E-state index contributed by atoms with van der Waals surface area (Å²) >= 11 is 1.20. The highest BCUT2D eigenvalue weighted by molar-refractivity contribution is 8.01. The normalized spacial score (nSPS) is 20.5. The van der Waals surface area contributed by atoms with E-state index in [0.29, 0.717) is 5.19 Å². The molecular weight excluding hydrogens is 454 g/mol. The summed E-state index contributed by atoms with van der Waals surface area (Å²) in [7, 11) is -3.94. The fraction of sp³-hybridized carbons (Fsp3) is 0.182. The van der Waals surface area contributed by atoms with Gasteiger partial charge in [0.15, 0.2) is 0 Å². The predicted octanol–water partition coefficient (Wildman–Crippen LogP) is 5.43. The third-order valence-electron chi connectivity index (χ3n) is 5.29. The summed E-state index contributed by atoms with van der Waals surface area (Å²) in [6, 6.07) is 21.7. The van der Waals surface area contributed by atoms with Gasteiger partial charge in [-0.15, -0.1) is 11.8 Å². The molecule has 1 aliphatic rings. The maximum absolute atomic E-state index is 14.2. The standard InChI is InChI=1S/C22H16F6OSSi/c23-21(24,25)20(22(26,27)28)18-13-7-8-14-19(18)31(29-20,17-11-5-2-6-12-17)15-30-16-9-3-1-4-10-16/h1-14H,15H2. The molecule has 162 valence electrons. The molecule has 3 aromatic rings. The molecule has 0 aromatic heterocycles. The van der Waals surface area contributed by atoms with Crippen LogP contribution in [-0.2, 0) is 10.0 Å². The number of halogens is 6. The summed E-state index contributed by atoms with van der Waals surface area (Å²) in [6.45, 7) is 0. The van der Waals surface area contributed by atoms with Gasteiger partial charge >= 0.3 is 12.4 Å². The molecule has 0 spiro atoms. The van der Waals surface area contributed by atoms with Crippen LogP contribution in [0.2, 0.25) is 0 Å². The molecule has 0 aliphatic carbocycles. The second-order valence-electron chi connectivity index (χ2n) is 7.12. The summed E-state index contributed by atoms with van der Waals surface area (Å²) in [5, 5.41) is 0.326. The Labute approximate surface area is 180 Å². The summed E-state index contributed by atoms with van der Waals surface area (Å²) in [5.74, 6) is 0. The molecule has 0 amide bonds. The zero-order chi connectivity index (χ0) is 22.3. The Kier molecular flexibility index (Phi) is 5.47. The minimum atomic E-state index is -5.68. The first-order valence-corrected chi connectivity index (χ1v) is 12.4. The third-order valence-corrected chi connectivity index (χ3v) is 11.3. The molecule has 31 heavy (non-hydrogen) atoms. The van der Waals surface area contributed by atoms with Crippen LogP contribution in [0.4, 0.5) is 26.3 Å². The molecule has 1 nitrogen and oxygen atoms in total. The van der Waals surface area contributed by atoms with Crippen LogP contribution in [0.15, 0.2) is 89.8 Å². The van der Waals surface area contributed by atoms with Crippen LogP contribution < -0.4 is 10.4 Å². The van der Waals surface area contributed by atoms with E-state index in [4.69, 9.17) is 4.43 Å². The maximum atomic E-state index is 14.2. The Morgan fingerprint density at radius 2 is 1.23 bits per heavy atom. The van der Waals surface area contributed by atoms with Crippen LogP contribution in [-0.4, -0.2) is 26.0 Å². The molecule has 1 unspecified atom stereocenters. The number of rotatable bonds is 4. The van der Waals surface area contributed by atoms with Crippen LogP contribution >= 0.6 is 11.8 Å². The van der Waals surface area contributed by atoms with Crippen LogP contribution in [0.1, 0.15) is 5.56 Å². The van der Waals surface area contributed by atoms with E-state index in [2.05, 4.69) is 0 Å². The van der Waals surface area contributed by atoms with Crippen molar-refractivity contribution in [3.63, 3.8) is 0 Å². The van der Waals surface area contributed by atoms with Crippen molar-refractivity contribution < 1.29 is 30.8 Å². The lowest BCUT2D eigenvalue weighted by Gasteiger charge is -2.37. The van der Waals surface area contributed by atoms with E-state index in [9.17, 15) is 26.3 Å². The quantitative estimate of drug-likeness (QED) is 0.286.